The van der Waals surface area contributed by atoms with E-state index < -0.39 is 9.73 Å². The fraction of sp³-hybridized carbons (Fsp3) is 0.375. The van der Waals surface area contributed by atoms with Crippen molar-refractivity contribution >= 4 is 9.73 Å². The van der Waals surface area contributed by atoms with Crippen LogP contribution in [0.1, 0.15) is 6.92 Å². The average Bonchev–Trinajstić information content (AvgIpc) is 2.04. The van der Waals surface area contributed by atoms with Crippen LogP contribution in [0.5, 0.6) is 5.88 Å². The average molecular weight is 200 g/mol. The summed E-state index contributed by atoms with van der Waals surface area (Å²) in [5, 5.41) is 0. The van der Waals surface area contributed by atoms with Crippen LogP contribution in [0.2, 0.25) is 0 Å². The number of ether oxygens (including phenoxy) is 1. The zero-order valence-electron chi connectivity index (χ0n) is 7.61. The fourth-order valence-electron chi connectivity index (χ4n) is 0.830. The molecule has 0 saturated heterocycles. The van der Waals surface area contributed by atoms with Crippen LogP contribution in [0.25, 0.3) is 0 Å². The summed E-state index contributed by atoms with van der Waals surface area (Å²) in [6.07, 6.45) is 2.78. The molecular formula is C8H12N2O2S. The second-order valence-corrected chi connectivity index (χ2v) is 4.77. The first kappa shape index (κ1) is 9.98. The lowest BCUT2D eigenvalue weighted by Gasteiger charge is -2.03. The number of aromatic nitrogens is 1. The monoisotopic (exact) mass is 200 g/mol. The number of hydrogen-bond acceptors (Lipinski definition) is 4. The van der Waals surface area contributed by atoms with E-state index in [2.05, 4.69) is 4.98 Å². The van der Waals surface area contributed by atoms with Gasteiger partial charge in [0.2, 0.25) is 5.88 Å². The van der Waals surface area contributed by atoms with Crippen molar-refractivity contribution in [3.8, 4) is 5.88 Å². The van der Waals surface area contributed by atoms with Crippen LogP contribution in [0.4, 0.5) is 0 Å². The van der Waals surface area contributed by atoms with E-state index in [4.69, 9.17) is 9.52 Å². The maximum Gasteiger partial charge on any atom is 0.213 e. The minimum atomic E-state index is -2.65. The Balaban J connectivity index is 2.94. The first-order valence-corrected chi connectivity index (χ1v) is 5.83. The molecule has 0 radical (unpaired) electrons. The van der Waals surface area contributed by atoms with Crippen molar-refractivity contribution in [2.24, 2.45) is 0 Å². The Morgan fingerprint density at radius 2 is 2.31 bits per heavy atom. The van der Waals surface area contributed by atoms with Crippen LogP contribution in [0.3, 0.4) is 0 Å². The highest BCUT2D eigenvalue weighted by Crippen LogP contribution is 2.12. The van der Waals surface area contributed by atoms with Gasteiger partial charge in [-0.3, -0.25) is 0 Å². The third-order valence-electron chi connectivity index (χ3n) is 1.45. The van der Waals surface area contributed by atoms with E-state index in [0.29, 0.717) is 17.4 Å². The molecule has 1 atom stereocenters. The highest BCUT2D eigenvalue weighted by Gasteiger charge is 2.03. The van der Waals surface area contributed by atoms with Crippen molar-refractivity contribution in [1.29, 1.82) is 4.78 Å². The lowest BCUT2D eigenvalue weighted by atomic mass is 10.5. The summed E-state index contributed by atoms with van der Waals surface area (Å²) in [6.45, 7) is 2.41. The number of pyridine rings is 1. The standard InChI is InChI=1S/C8H12N2O2S/c1-3-12-8-5-4-7(6-10-8)13(2,9)11/h4-6,9H,3H2,1-2H3. The zero-order chi connectivity index (χ0) is 9.90. The van der Waals surface area contributed by atoms with Gasteiger partial charge in [-0.05, 0) is 13.0 Å². The molecule has 1 rings (SSSR count). The minimum absolute atomic E-state index is 0.427. The van der Waals surface area contributed by atoms with Gasteiger partial charge < -0.3 is 4.74 Å². The van der Waals surface area contributed by atoms with E-state index >= 15 is 0 Å². The normalized spacial score (nSPS) is 14.9. The van der Waals surface area contributed by atoms with Crippen LogP contribution < -0.4 is 4.74 Å². The lowest BCUT2D eigenvalue weighted by molar-refractivity contribution is 0.326. The maximum atomic E-state index is 11.2. The molecule has 1 N–H and O–H groups in total. The summed E-state index contributed by atoms with van der Waals surface area (Å²) in [4.78, 5) is 4.34. The Labute approximate surface area is 77.9 Å². The van der Waals surface area contributed by atoms with Gasteiger partial charge in [-0.15, -0.1) is 0 Å². The fourth-order valence-corrected chi connectivity index (χ4v) is 1.41. The van der Waals surface area contributed by atoms with Gasteiger partial charge in [-0.1, -0.05) is 0 Å². The summed E-state index contributed by atoms with van der Waals surface area (Å²) in [5.74, 6) is 0.495. The molecule has 13 heavy (non-hydrogen) atoms. The zero-order valence-corrected chi connectivity index (χ0v) is 8.43. The first-order chi connectivity index (χ1) is 6.04. The molecule has 1 heterocycles. The Bertz CT molecular complexity index is 370. The molecule has 0 spiro atoms. The summed E-state index contributed by atoms with van der Waals surface area (Å²) >= 11 is 0. The molecule has 0 aliphatic heterocycles. The molecule has 1 aromatic heterocycles. The van der Waals surface area contributed by atoms with Gasteiger partial charge in [-0.2, -0.15) is 0 Å². The van der Waals surface area contributed by atoms with Crippen LogP contribution >= 0.6 is 0 Å². The second-order valence-electron chi connectivity index (χ2n) is 2.61. The van der Waals surface area contributed by atoms with Gasteiger partial charge in [0.1, 0.15) is 0 Å². The van der Waals surface area contributed by atoms with Crippen molar-refractivity contribution < 1.29 is 8.95 Å². The van der Waals surface area contributed by atoms with E-state index in [1.807, 2.05) is 6.92 Å². The molecule has 4 nitrogen and oxygen atoms in total. The largest absolute Gasteiger partial charge is 0.478 e. The summed E-state index contributed by atoms with van der Waals surface area (Å²) in [5.41, 5.74) is 0. The Morgan fingerprint density at radius 1 is 1.62 bits per heavy atom. The summed E-state index contributed by atoms with van der Waals surface area (Å²) in [7, 11) is -2.65. The smallest absolute Gasteiger partial charge is 0.213 e. The van der Waals surface area contributed by atoms with E-state index in [1.54, 1.807) is 12.1 Å². The molecule has 0 fully saturated rings. The van der Waals surface area contributed by atoms with Gasteiger partial charge >= 0.3 is 0 Å². The van der Waals surface area contributed by atoms with Crippen molar-refractivity contribution in [3.63, 3.8) is 0 Å². The van der Waals surface area contributed by atoms with Crippen molar-refractivity contribution in [2.75, 3.05) is 12.9 Å². The quantitative estimate of drug-likeness (QED) is 0.804. The molecule has 0 aliphatic carbocycles. The Morgan fingerprint density at radius 3 is 2.69 bits per heavy atom. The maximum absolute atomic E-state index is 11.2. The van der Waals surface area contributed by atoms with E-state index in [-0.39, 0.29) is 0 Å². The first-order valence-electron chi connectivity index (χ1n) is 3.86. The highest BCUT2D eigenvalue weighted by atomic mass is 32.2. The van der Waals surface area contributed by atoms with Crippen LogP contribution in [0.15, 0.2) is 23.2 Å². The number of nitrogens with zero attached hydrogens (tertiary/aromatic N) is 1. The van der Waals surface area contributed by atoms with Crippen molar-refractivity contribution in [1.82, 2.24) is 4.98 Å². The molecule has 1 aromatic rings. The number of nitrogens with one attached hydrogen (secondary N) is 1. The molecule has 0 aliphatic rings. The predicted molar refractivity (Wildman–Crippen MR) is 50.5 cm³/mol. The molecule has 0 saturated carbocycles. The van der Waals surface area contributed by atoms with Gasteiger partial charge in [0.05, 0.1) is 21.2 Å². The third-order valence-corrected chi connectivity index (χ3v) is 2.59. The third kappa shape index (κ3) is 2.69. The minimum Gasteiger partial charge on any atom is -0.478 e. The van der Waals surface area contributed by atoms with Crippen LogP contribution in [0, 0.1) is 4.78 Å². The van der Waals surface area contributed by atoms with Crippen LogP contribution in [-0.4, -0.2) is 22.1 Å². The highest BCUT2D eigenvalue weighted by molar-refractivity contribution is 7.91. The molecule has 0 amide bonds. The Kier molecular flexibility index (Phi) is 2.87. The van der Waals surface area contributed by atoms with Crippen molar-refractivity contribution in [2.45, 2.75) is 11.8 Å². The molecule has 72 valence electrons. The van der Waals surface area contributed by atoms with Crippen molar-refractivity contribution in [3.05, 3.63) is 18.3 Å². The summed E-state index contributed by atoms with van der Waals surface area (Å²) < 4.78 is 23.6. The summed E-state index contributed by atoms with van der Waals surface area (Å²) in [6, 6.07) is 3.23. The van der Waals surface area contributed by atoms with Gasteiger partial charge in [0.25, 0.3) is 0 Å². The number of rotatable bonds is 3. The van der Waals surface area contributed by atoms with Gasteiger partial charge in [0, 0.05) is 18.5 Å². The lowest BCUT2D eigenvalue weighted by Crippen LogP contribution is -1.98. The molecule has 5 heteroatoms. The van der Waals surface area contributed by atoms with E-state index in [9.17, 15) is 4.21 Å². The van der Waals surface area contributed by atoms with E-state index in [0.717, 1.165) is 0 Å². The molecule has 0 aromatic carbocycles. The predicted octanol–water partition coefficient (Wildman–Crippen LogP) is 1.52. The topological polar surface area (TPSA) is 63.0 Å². The number of hydrogen-bond donors (Lipinski definition) is 1. The molecule has 1 unspecified atom stereocenters. The molecular weight excluding hydrogens is 188 g/mol. The SMILES string of the molecule is CCOc1ccc(S(C)(=N)=O)cn1. The van der Waals surface area contributed by atoms with E-state index in [1.165, 1.54) is 12.5 Å². The van der Waals surface area contributed by atoms with Gasteiger partial charge in [-0.25, -0.2) is 14.0 Å². The van der Waals surface area contributed by atoms with Gasteiger partial charge in [0.15, 0.2) is 0 Å². The Hall–Kier alpha value is -1.10. The second kappa shape index (κ2) is 3.74. The van der Waals surface area contributed by atoms with Crippen LogP contribution in [-0.2, 0) is 9.73 Å². The molecule has 0 bridgehead atoms.